The van der Waals surface area contributed by atoms with Crippen LogP contribution >= 0.6 is 11.8 Å². The quantitative estimate of drug-likeness (QED) is 0.771. The lowest BCUT2D eigenvalue weighted by molar-refractivity contribution is -0.124. The SMILES string of the molecule is COCCNC(=O)C1CSC2c3ccc(OC)c(OC)c3C(=O)N12. The molecular weight excluding hydrogens is 332 g/mol. The highest BCUT2D eigenvalue weighted by Gasteiger charge is 2.50. The van der Waals surface area contributed by atoms with Crippen molar-refractivity contribution >= 4 is 23.6 Å². The van der Waals surface area contributed by atoms with E-state index in [1.54, 1.807) is 29.8 Å². The van der Waals surface area contributed by atoms with Gasteiger partial charge in [-0.05, 0) is 6.07 Å². The number of methoxy groups -OCH3 is 3. The number of hydrogen-bond donors (Lipinski definition) is 1. The first-order chi connectivity index (χ1) is 11.6. The third-order valence-corrected chi connectivity index (χ3v) is 5.51. The average molecular weight is 352 g/mol. The number of fused-ring (bicyclic) bond motifs is 3. The fourth-order valence-corrected chi connectivity index (χ4v) is 4.54. The molecule has 0 radical (unpaired) electrons. The number of benzene rings is 1. The molecule has 2 unspecified atom stereocenters. The van der Waals surface area contributed by atoms with Crippen molar-refractivity contribution in [2.24, 2.45) is 0 Å². The molecule has 0 bridgehead atoms. The molecule has 1 saturated heterocycles. The molecule has 130 valence electrons. The van der Waals surface area contributed by atoms with E-state index in [2.05, 4.69) is 5.32 Å². The number of carbonyl (C=O) groups excluding carboxylic acids is 2. The van der Waals surface area contributed by atoms with Crippen molar-refractivity contribution in [3.63, 3.8) is 0 Å². The number of thioether (sulfide) groups is 1. The standard InChI is InChI=1S/C16H20N2O5S/c1-21-7-6-17-14(19)10-8-24-16-9-4-5-11(22-2)13(23-3)12(9)15(20)18(10)16/h4-5,10,16H,6-8H2,1-3H3,(H,17,19). The summed E-state index contributed by atoms with van der Waals surface area (Å²) in [5.41, 5.74) is 1.36. The molecule has 1 aromatic rings. The number of nitrogens with one attached hydrogen (secondary N) is 1. The van der Waals surface area contributed by atoms with Gasteiger partial charge in [0.25, 0.3) is 5.91 Å². The lowest BCUT2D eigenvalue weighted by atomic mass is 10.1. The van der Waals surface area contributed by atoms with E-state index >= 15 is 0 Å². The zero-order valence-electron chi connectivity index (χ0n) is 13.8. The Hall–Kier alpha value is -1.93. The summed E-state index contributed by atoms with van der Waals surface area (Å²) in [6, 6.07) is 3.17. The van der Waals surface area contributed by atoms with Gasteiger partial charge in [0, 0.05) is 25.0 Å². The first-order valence-electron chi connectivity index (χ1n) is 7.59. The highest BCUT2D eigenvalue weighted by atomic mass is 32.2. The minimum absolute atomic E-state index is 0.158. The molecule has 2 atom stereocenters. The molecule has 3 rings (SSSR count). The Balaban J connectivity index is 1.88. The third kappa shape index (κ3) is 2.59. The van der Waals surface area contributed by atoms with Gasteiger partial charge in [0.1, 0.15) is 11.4 Å². The van der Waals surface area contributed by atoms with Crippen LogP contribution in [0.15, 0.2) is 12.1 Å². The third-order valence-electron chi connectivity index (χ3n) is 4.20. The monoisotopic (exact) mass is 352 g/mol. The van der Waals surface area contributed by atoms with Gasteiger partial charge < -0.3 is 24.4 Å². The minimum atomic E-state index is -0.493. The number of hydrogen-bond acceptors (Lipinski definition) is 6. The Morgan fingerprint density at radius 2 is 2.12 bits per heavy atom. The summed E-state index contributed by atoms with van der Waals surface area (Å²) in [6.07, 6.45) is 0. The van der Waals surface area contributed by atoms with E-state index < -0.39 is 6.04 Å². The van der Waals surface area contributed by atoms with Gasteiger partial charge in [-0.3, -0.25) is 9.59 Å². The van der Waals surface area contributed by atoms with Gasteiger partial charge in [0.05, 0.1) is 26.4 Å². The molecular formula is C16H20N2O5S. The first kappa shape index (κ1) is 16.9. The number of carbonyl (C=O) groups is 2. The molecule has 1 N–H and O–H groups in total. The van der Waals surface area contributed by atoms with Crippen molar-refractivity contribution < 1.29 is 23.8 Å². The molecule has 8 heteroatoms. The van der Waals surface area contributed by atoms with Crippen LogP contribution in [0, 0.1) is 0 Å². The predicted molar refractivity (Wildman–Crippen MR) is 89.6 cm³/mol. The van der Waals surface area contributed by atoms with E-state index in [-0.39, 0.29) is 17.2 Å². The average Bonchev–Trinajstić information content (AvgIpc) is 3.14. The normalized spacial score (nSPS) is 21.5. The fraction of sp³-hybridized carbons (Fsp3) is 0.500. The number of rotatable bonds is 6. The zero-order chi connectivity index (χ0) is 17.3. The Morgan fingerprint density at radius 3 is 2.79 bits per heavy atom. The molecule has 1 aromatic carbocycles. The Labute approximate surface area is 144 Å². The van der Waals surface area contributed by atoms with Crippen molar-refractivity contribution in [3.05, 3.63) is 23.3 Å². The maximum Gasteiger partial charge on any atom is 0.260 e. The van der Waals surface area contributed by atoms with Crippen molar-refractivity contribution in [2.45, 2.75) is 11.4 Å². The van der Waals surface area contributed by atoms with Gasteiger partial charge in [-0.1, -0.05) is 6.07 Å². The van der Waals surface area contributed by atoms with E-state index in [9.17, 15) is 9.59 Å². The van der Waals surface area contributed by atoms with Crippen LogP contribution in [0.2, 0.25) is 0 Å². The molecule has 0 aliphatic carbocycles. The second-order valence-electron chi connectivity index (χ2n) is 5.46. The van der Waals surface area contributed by atoms with Gasteiger partial charge >= 0.3 is 0 Å². The van der Waals surface area contributed by atoms with E-state index in [4.69, 9.17) is 14.2 Å². The predicted octanol–water partition coefficient (Wildman–Crippen LogP) is 1.04. The maximum atomic E-state index is 12.9. The van der Waals surface area contributed by atoms with Crippen LogP contribution in [-0.4, -0.2) is 63.0 Å². The van der Waals surface area contributed by atoms with E-state index in [1.807, 2.05) is 6.07 Å². The number of amides is 2. The van der Waals surface area contributed by atoms with Crippen LogP contribution in [-0.2, 0) is 9.53 Å². The van der Waals surface area contributed by atoms with Gasteiger partial charge in [-0.15, -0.1) is 11.8 Å². The van der Waals surface area contributed by atoms with Crippen molar-refractivity contribution in [1.82, 2.24) is 10.2 Å². The Kier molecular flexibility index (Phi) is 4.86. The van der Waals surface area contributed by atoms with Crippen LogP contribution in [0.3, 0.4) is 0 Å². The lowest BCUT2D eigenvalue weighted by Gasteiger charge is -2.22. The molecule has 24 heavy (non-hydrogen) atoms. The molecule has 2 aliphatic heterocycles. The van der Waals surface area contributed by atoms with Crippen molar-refractivity contribution in [3.8, 4) is 11.5 Å². The van der Waals surface area contributed by atoms with Crippen molar-refractivity contribution in [1.29, 1.82) is 0 Å². The van der Waals surface area contributed by atoms with Gasteiger partial charge in [-0.2, -0.15) is 0 Å². The second kappa shape index (κ2) is 6.90. The molecule has 7 nitrogen and oxygen atoms in total. The molecule has 2 aliphatic rings. The van der Waals surface area contributed by atoms with Crippen molar-refractivity contribution in [2.75, 3.05) is 40.2 Å². The van der Waals surface area contributed by atoms with E-state index in [0.717, 1.165) is 5.56 Å². The molecule has 2 amide bonds. The van der Waals surface area contributed by atoms with Crippen LogP contribution in [0.5, 0.6) is 11.5 Å². The summed E-state index contributed by atoms with van der Waals surface area (Å²) in [7, 11) is 4.62. The van der Waals surface area contributed by atoms with Crippen LogP contribution < -0.4 is 14.8 Å². The van der Waals surface area contributed by atoms with E-state index in [1.165, 1.54) is 14.2 Å². The summed E-state index contributed by atoms with van der Waals surface area (Å²) in [5.74, 6) is 1.16. The molecule has 2 heterocycles. The van der Waals surface area contributed by atoms with Gasteiger partial charge in [0.15, 0.2) is 11.5 Å². The molecule has 0 spiro atoms. The van der Waals surface area contributed by atoms with Crippen LogP contribution in [0.25, 0.3) is 0 Å². The number of nitrogens with zero attached hydrogens (tertiary/aromatic N) is 1. The van der Waals surface area contributed by atoms with Gasteiger partial charge in [0.2, 0.25) is 5.91 Å². The smallest absolute Gasteiger partial charge is 0.260 e. The molecule has 0 aromatic heterocycles. The summed E-state index contributed by atoms with van der Waals surface area (Å²) < 4.78 is 15.6. The second-order valence-corrected chi connectivity index (χ2v) is 6.58. The zero-order valence-corrected chi connectivity index (χ0v) is 14.6. The topological polar surface area (TPSA) is 77.1 Å². The minimum Gasteiger partial charge on any atom is -0.493 e. The summed E-state index contributed by atoms with van der Waals surface area (Å²) >= 11 is 1.58. The largest absolute Gasteiger partial charge is 0.493 e. The van der Waals surface area contributed by atoms with E-state index in [0.29, 0.717) is 36.0 Å². The van der Waals surface area contributed by atoms with Crippen LogP contribution in [0.4, 0.5) is 0 Å². The lowest BCUT2D eigenvalue weighted by Crippen LogP contribution is -2.46. The highest BCUT2D eigenvalue weighted by Crippen LogP contribution is 2.52. The molecule has 1 fully saturated rings. The summed E-state index contributed by atoms with van der Waals surface area (Å²) in [4.78, 5) is 27.0. The maximum absolute atomic E-state index is 12.9. The number of ether oxygens (including phenoxy) is 3. The Bertz CT molecular complexity index is 666. The first-order valence-corrected chi connectivity index (χ1v) is 8.64. The highest BCUT2D eigenvalue weighted by molar-refractivity contribution is 7.99. The fourth-order valence-electron chi connectivity index (χ4n) is 3.09. The summed E-state index contributed by atoms with van der Waals surface area (Å²) in [5, 5.41) is 2.65. The summed E-state index contributed by atoms with van der Waals surface area (Å²) in [6.45, 7) is 0.863. The Morgan fingerprint density at radius 1 is 1.33 bits per heavy atom. The van der Waals surface area contributed by atoms with Crippen LogP contribution in [0.1, 0.15) is 21.3 Å². The van der Waals surface area contributed by atoms with Gasteiger partial charge in [-0.25, -0.2) is 0 Å². The molecule has 0 saturated carbocycles.